The van der Waals surface area contributed by atoms with E-state index in [2.05, 4.69) is 87.5 Å². The van der Waals surface area contributed by atoms with Crippen molar-refractivity contribution in [1.29, 1.82) is 0 Å². The van der Waals surface area contributed by atoms with Crippen LogP contribution in [-0.4, -0.2) is 0 Å². The lowest BCUT2D eigenvalue weighted by Gasteiger charge is -2.08. The van der Waals surface area contributed by atoms with Gasteiger partial charge in [0.15, 0.2) is 0 Å². The molecule has 124 valence electrons. The molecule has 1 heterocycles. The van der Waals surface area contributed by atoms with E-state index in [1.54, 1.807) is 0 Å². The summed E-state index contributed by atoms with van der Waals surface area (Å²) in [6.07, 6.45) is 0. The maximum absolute atomic E-state index is 6.51. The van der Waals surface area contributed by atoms with E-state index in [0.29, 0.717) is 5.92 Å². The Morgan fingerprint density at radius 2 is 1.32 bits per heavy atom. The van der Waals surface area contributed by atoms with Crippen molar-refractivity contribution in [2.24, 2.45) is 0 Å². The van der Waals surface area contributed by atoms with Crippen LogP contribution in [0.25, 0.3) is 33.4 Å². The molecule has 4 aromatic rings. The highest BCUT2D eigenvalue weighted by atomic mass is 16.3. The molecule has 0 aliphatic rings. The summed E-state index contributed by atoms with van der Waals surface area (Å²) in [6.45, 7) is 6.61. The Labute approximate surface area is 148 Å². The smallest absolute Gasteiger partial charge is 0.143 e. The van der Waals surface area contributed by atoms with E-state index in [-0.39, 0.29) is 0 Å². The fourth-order valence-electron chi connectivity index (χ4n) is 3.51. The molecular formula is C24H22O. The van der Waals surface area contributed by atoms with E-state index >= 15 is 0 Å². The molecule has 4 rings (SSSR count). The summed E-state index contributed by atoms with van der Waals surface area (Å²) in [5, 5.41) is 1.23. The Bertz CT molecular complexity index is 1010. The highest BCUT2D eigenvalue weighted by molar-refractivity contribution is 6.04. The predicted molar refractivity (Wildman–Crippen MR) is 106 cm³/mol. The average molecular weight is 326 g/mol. The number of hydrogen-bond donors (Lipinski definition) is 0. The summed E-state index contributed by atoms with van der Waals surface area (Å²) in [6, 6.07) is 25.4. The van der Waals surface area contributed by atoms with Gasteiger partial charge in [0.2, 0.25) is 0 Å². The van der Waals surface area contributed by atoms with E-state index in [9.17, 15) is 0 Å². The first-order valence-corrected chi connectivity index (χ1v) is 8.83. The number of furan rings is 1. The van der Waals surface area contributed by atoms with Gasteiger partial charge in [-0.25, -0.2) is 0 Å². The summed E-state index contributed by atoms with van der Waals surface area (Å²) >= 11 is 0. The normalized spacial score (nSPS) is 11.4. The monoisotopic (exact) mass is 326 g/mol. The van der Waals surface area contributed by atoms with Crippen molar-refractivity contribution < 1.29 is 4.42 Å². The van der Waals surface area contributed by atoms with Crippen LogP contribution in [0.5, 0.6) is 0 Å². The Morgan fingerprint density at radius 3 is 1.92 bits per heavy atom. The molecule has 0 N–H and O–H groups in total. The van der Waals surface area contributed by atoms with Crippen molar-refractivity contribution in [3.8, 4) is 22.5 Å². The van der Waals surface area contributed by atoms with Gasteiger partial charge >= 0.3 is 0 Å². The molecule has 0 spiro atoms. The van der Waals surface area contributed by atoms with Crippen LogP contribution in [0.4, 0.5) is 0 Å². The summed E-state index contributed by atoms with van der Waals surface area (Å²) in [4.78, 5) is 0. The number of rotatable bonds is 3. The second-order valence-electron chi connectivity index (χ2n) is 6.87. The molecule has 1 nitrogen and oxygen atoms in total. The lowest BCUT2D eigenvalue weighted by molar-refractivity contribution is 0.623. The molecule has 0 saturated carbocycles. The third kappa shape index (κ3) is 2.66. The zero-order valence-electron chi connectivity index (χ0n) is 14.9. The summed E-state index contributed by atoms with van der Waals surface area (Å²) in [5.41, 5.74) is 7.05. The second-order valence-corrected chi connectivity index (χ2v) is 6.87. The first-order chi connectivity index (χ1) is 12.2. The van der Waals surface area contributed by atoms with Gasteiger partial charge < -0.3 is 4.42 Å². The Hall–Kier alpha value is -2.80. The van der Waals surface area contributed by atoms with Crippen LogP contribution in [-0.2, 0) is 0 Å². The van der Waals surface area contributed by atoms with Crippen molar-refractivity contribution in [3.63, 3.8) is 0 Å². The van der Waals surface area contributed by atoms with Crippen LogP contribution in [0.15, 0.2) is 77.2 Å². The molecular weight excluding hydrogens is 304 g/mol. The van der Waals surface area contributed by atoms with Crippen LogP contribution in [0.3, 0.4) is 0 Å². The third-order valence-corrected chi connectivity index (χ3v) is 4.80. The van der Waals surface area contributed by atoms with E-state index in [1.165, 1.54) is 27.6 Å². The molecule has 25 heavy (non-hydrogen) atoms. The minimum atomic E-state index is 0.418. The van der Waals surface area contributed by atoms with Crippen LogP contribution in [0, 0.1) is 6.92 Å². The van der Waals surface area contributed by atoms with Gasteiger partial charge in [-0.3, -0.25) is 0 Å². The minimum Gasteiger partial charge on any atom is -0.455 e. The van der Waals surface area contributed by atoms with Crippen LogP contribution in [0.1, 0.15) is 30.9 Å². The third-order valence-electron chi connectivity index (χ3n) is 4.80. The number of aryl methyl sites for hydroxylation is 1. The van der Waals surface area contributed by atoms with Gasteiger partial charge in [-0.05, 0) is 29.5 Å². The first-order valence-electron chi connectivity index (χ1n) is 8.83. The highest BCUT2D eigenvalue weighted by Crippen LogP contribution is 2.44. The lowest BCUT2D eigenvalue weighted by Crippen LogP contribution is -1.89. The predicted octanol–water partition coefficient (Wildman–Crippen LogP) is 7.20. The molecule has 0 aliphatic carbocycles. The molecule has 0 unspecified atom stereocenters. The van der Waals surface area contributed by atoms with E-state index in [1.807, 2.05) is 6.07 Å². The van der Waals surface area contributed by atoms with Gasteiger partial charge in [0.1, 0.15) is 11.3 Å². The maximum Gasteiger partial charge on any atom is 0.143 e. The van der Waals surface area contributed by atoms with Crippen LogP contribution in [0.2, 0.25) is 0 Å². The largest absolute Gasteiger partial charge is 0.455 e. The minimum absolute atomic E-state index is 0.418. The molecule has 0 fully saturated rings. The number of hydrogen-bond acceptors (Lipinski definition) is 1. The Balaban J connectivity index is 2.14. The van der Waals surface area contributed by atoms with E-state index in [4.69, 9.17) is 4.42 Å². The van der Waals surface area contributed by atoms with Crippen molar-refractivity contribution in [2.75, 3.05) is 0 Å². The summed E-state index contributed by atoms with van der Waals surface area (Å²) in [7, 11) is 0. The van der Waals surface area contributed by atoms with Crippen LogP contribution < -0.4 is 0 Å². The number of fused-ring (bicyclic) bond motifs is 1. The zero-order valence-corrected chi connectivity index (χ0v) is 14.9. The van der Waals surface area contributed by atoms with Gasteiger partial charge in [0, 0.05) is 16.5 Å². The molecule has 0 aliphatic heterocycles. The lowest BCUT2D eigenvalue weighted by atomic mass is 9.93. The fourth-order valence-corrected chi connectivity index (χ4v) is 3.51. The van der Waals surface area contributed by atoms with Gasteiger partial charge in [-0.15, -0.1) is 0 Å². The molecule has 3 aromatic carbocycles. The standard InChI is InChI=1S/C24H22O/c1-16(2)20-15-14-17(3)21-22(18-10-6-4-7-11-18)23(25-24(20)21)19-12-8-5-9-13-19/h4-16H,1-3H3. The van der Waals surface area contributed by atoms with Gasteiger partial charge in [0.05, 0.1) is 0 Å². The molecule has 0 saturated heterocycles. The number of benzene rings is 3. The molecule has 0 radical (unpaired) electrons. The Morgan fingerprint density at radius 1 is 0.720 bits per heavy atom. The highest BCUT2D eigenvalue weighted by Gasteiger charge is 2.21. The van der Waals surface area contributed by atoms with Crippen molar-refractivity contribution in [1.82, 2.24) is 0 Å². The SMILES string of the molecule is Cc1ccc(C(C)C)c2oc(-c3ccccc3)c(-c3ccccc3)c12. The second kappa shape index (κ2) is 6.25. The summed E-state index contributed by atoms with van der Waals surface area (Å²) in [5.74, 6) is 1.37. The van der Waals surface area contributed by atoms with Gasteiger partial charge in [-0.2, -0.15) is 0 Å². The average Bonchev–Trinajstić information content (AvgIpc) is 3.04. The quantitative estimate of drug-likeness (QED) is 0.388. The van der Waals surface area contributed by atoms with E-state index in [0.717, 1.165) is 16.9 Å². The van der Waals surface area contributed by atoms with Gasteiger partial charge in [-0.1, -0.05) is 86.6 Å². The molecule has 1 aromatic heterocycles. The fraction of sp³-hybridized carbons (Fsp3) is 0.167. The topological polar surface area (TPSA) is 13.1 Å². The van der Waals surface area contributed by atoms with Crippen molar-refractivity contribution >= 4 is 11.0 Å². The summed E-state index contributed by atoms with van der Waals surface area (Å²) < 4.78 is 6.51. The first kappa shape index (κ1) is 15.7. The van der Waals surface area contributed by atoms with E-state index < -0.39 is 0 Å². The Kier molecular flexibility index (Phi) is 3.93. The molecule has 0 bridgehead atoms. The van der Waals surface area contributed by atoms with Crippen molar-refractivity contribution in [3.05, 3.63) is 83.9 Å². The maximum atomic E-state index is 6.51. The molecule has 0 atom stereocenters. The molecule has 1 heteroatoms. The zero-order chi connectivity index (χ0) is 17.4. The van der Waals surface area contributed by atoms with Crippen LogP contribution >= 0.6 is 0 Å². The van der Waals surface area contributed by atoms with Gasteiger partial charge in [0.25, 0.3) is 0 Å². The molecule has 0 amide bonds. The van der Waals surface area contributed by atoms with Crippen molar-refractivity contribution in [2.45, 2.75) is 26.7 Å².